The molecule has 5 heteroatoms. The van der Waals surface area contributed by atoms with Gasteiger partial charge in [-0.1, -0.05) is 109 Å². The van der Waals surface area contributed by atoms with E-state index in [1.165, 1.54) is 47.9 Å². The van der Waals surface area contributed by atoms with E-state index in [9.17, 15) is 0 Å². The minimum atomic E-state index is 0.680. The van der Waals surface area contributed by atoms with Gasteiger partial charge in [-0.2, -0.15) is 0 Å². The normalized spacial score (nSPS) is 12.1. The van der Waals surface area contributed by atoms with Crippen molar-refractivity contribution in [3.63, 3.8) is 0 Å². The SMILES string of the molecule is c1ccc(-n2c3ccccc3c3ccc(-c4nc(-n5c6ccccc6c6cc7ccccc7cc65)nc5sc6ccccc6c45)cc32)cc1. The van der Waals surface area contributed by atoms with Crippen LogP contribution in [0.25, 0.3) is 97.6 Å². The molecule has 11 aromatic rings. The van der Waals surface area contributed by atoms with Gasteiger partial charge in [0.05, 0.1) is 27.8 Å². The third-order valence-corrected chi connectivity index (χ3v) is 11.0. The molecule has 0 aliphatic heterocycles. The number of fused-ring (bicyclic) bond motifs is 10. The molecule has 0 aliphatic rings. The second kappa shape index (κ2) is 10.1. The van der Waals surface area contributed by atoms with Gasteiger partial charge in [-0.3, -0.25) is 4.57 Å². The van der Waals surface area contributed by atoms with Crippen LogP contribution in [0.15, 0.2) is 158 Å². The van der Waals surface area contributed by atoms with Crippen molar-refractivity contribution in [1.82, 2.24) is 19.1 Å². The molecule has 0 bridgehead atoms. The van der Waals surface area contributed by atoms with Crippen molar-refractivity contribution >= 4 is 86.0 Å². The zero-order valence-electron chi connectivity index (χ0n) is 26.2. The lowest BCUT2D eigenvalue weighted by molar-refractivity contribution is 1.02. The van der Waals surface area contributed by atoms with E-state index in [0.717, 1.165) is 43.7 Å². The molecule has 228 valence electrons. The fraction of sp³-hybridized carbons (Fsp3) is 0. The Labute approximate surface area is 284 Å². The van der Waals surface area contributed by atoms with Crippen LogP contribution in [-0.4, -0.2) is 19.1 Å². The molecule has 11 rings (SSSR count). The summed E-state index contributed by atoms with van der Waals surface area (Å²) >= 11 is 1.73. The topological polar surface area (TPSA) is 35.6 Å². The summed E-state index contributed by atoms with van der Waals surface area (Å²) in [6.45, 7) is 0. The van der Waals surface area contributed by atoms with E-state index < -0.39 is 0 Å². The third kappa shape index (κ3) is 3.85. The Balaban J connectivity index is 1.26. The smallest absolute Gasteiger partial charge is 0.236 e. The fourth-order valence-corrected chi connectivity index (χ4v) is 8.84. The van der Waals surface area contributed by atoms with Crippen molar-refractivity contribution in [1.29, 1.82) is 0 Å². The summed E-state index contributed by atoms with van der Waals surface area (Å²) in [5.41, 5.74) is 7.68. The molecule has 0 saturated carbocycles. The molecule has 4 nitrogen and oxygen atoms in total. The standard InChI is InChI=1S/C44H26N4S/c1-2-14-30(15-3-1)47-36-19-9-6-16-31(36)33-23-22-29(26-38(33)47)42-41-34-18-8-11-21-40(34)49-43(41)46-44(45-42)48-37-20-10-7-17-32(37)35-24-27-12-4-5-13-28(27)25-39(35)48/h1-26H. The van der Waals surface area contributed by atoms with E-state index in [4.69, 9.17) is 9.97 Å². The minimum Gasteiger partial charge on any atom is -0.309 e. The highest BCUT2D eigenvalue weighted by Gasteiger charge is 2.21. The summed E-state index contributed by atoms with van der Waals surface area (Å²) in [4.78, 5) is 11.9. The third-order valence-electron chi connectivity index (χ3n) is 9.93. The number of para-hydroxylation sites is 3. The Morgan fingerprint density at radius 2 is 1.04 bits per heavy atom. The second-order valence-corrected chi connectivity index (χ2v) is 13.7. The van der Waals surface area contributed by atoms with Crippen LogP contribution in [0.2, 0.25) is 0 Å². The van der Waals surface area contributed by atoms with Gasteiger partial charge >= 0.3 is 0 Å². The number of hydrogen-bond donors (Lipinski definition) is 0. The molecular weight excluding hydrogens is 617 g/mol. The van der Waals surface area contributed by atoms with Crippen molar-refractivity contribution < 1.29 is 0 Å². The molecule has 0 N–H and O–H groups in total. The largest absolute Gasteiger partial charge is 0.309 e. The molecule has 0 unspecified atom stereocenters. The molecule has 0 spiro atoms. The zero-order valence-corrected chi connectivity index (χ0v) is 27.0. The first-order chi connectivity index (χ1) is 24.3. The lowest BCUT2D eigenvalue weighted by Gasteiger charge is -2.12. The zero-order chi connectivity index (χ0) is 32.1. The van der Waals surface area contributed by atoms with Gasteiger partial charge in [-0.05, 0) is 59.3 Å². The van der Waals surface area contributed by atoms with Gasteiger partial charge < -0.3 is 4.57 Å². The summed E-state index contributed by atoms with van der Waals surface area (Å²) in [6.07, 6.45) is 0. The van der Waals surface area contributed by atoms with E-state index in [-0.39, 0.29) is 0 Å². The lowest BCUT2D eigenvalue weighted by atomic mass is 10.0. The van der Waals surface area contributed by atoms with Gasteiger partial charge in [0.15, 0.2) is 0 Å². The van der Waals surface area contributed by atoms with Gasteiger partial charge in [0.2, 0.25) is 5.95 Å². The molecule has 0 fully saturated rings. The van der Waals surface area contributed by atoms with Gasteiger partial charge in [0.1, 0.15) is 4.83 Å². The summed E-state index contributed by atoms with van der Waals surface area (Å²) in [5, 5.41) is 9.54. The van der Waals surface area contributed by atoms with Crippen LogP contribution in [-0.2, 0) is 0 Å². The summed E-state index contributed by atoms with van der Waals surface area (Å²) in [6, 6.07) is 56.5. The van der Waals surface area contributed by atoms with Crippen LogP contribution >= 0.6 is 11.3 Å². The summed E-state index contributed by atoms with van der Waals surface area (Å²) < 4.78 is 5.83. The Bertz CT molecular complexity index is 3110. The van der Waals surface area contributed by atoms with E-state index in [1.807, 2.05) is 0 Å². The molecule has 0 amide bonds. The van der Waals surface area contributed by atoms with Crippen LogP contribution in [0.5, 0.6) is 0 Å². The molecule has 0 radical (unpaired) electrons. The molecular formula is C44H26N4S. The molecule has 4 heterocycles. The first kappa shape index (κ1) is 26.7. The van der Waals surface area contributed by atoms with Gasteiger partial charge in [-0.15, -0.1) is 11.3 Å². The van der Waals surface area contributed by atoms with Crippen LogP contribution in [0, 0.1) is 0 Å². The van der Waals surface area contributed by atoms with Crippen molar-refractivity contribution in [2.24, 2.45) is 0 Å². The Hall–Kier alpha value is -6.30. The Morgan fingerprint density at radius 3 is 1.86 bits per heavy atom. The lowest BCUT2D eigenvalue weighted by Crippen LogP contribution is -2.02. The number of rotatable bonds is 3. The van der Waals surface area contributed by atoms with E-state index in [1.54, 1.807) is 11.3 Å². The maximum absolute atomic E-state index is 5.53. The predicted octanol–water partition coefficient (Wildman–Crippen LogP) is 11.9. The van der Waals surface area contributed by atoms with E-state index in [0.29, 0.717) is 5.95 Å². The molecule has 4 aromatic heterocycles. The highest BCUT2D eigenvalue weighted by atomic mass is 32.1. The first-order valence-corrected chi connectivity index (χ1v) is 17.3. The van der Waals surface area contributed by atoms with Crippen LogP contribution < -0.4 is 0 Å². The monoisotopic (exact) mass is 642 g/mol. The van der Waals surface area contributed by atoms with Crippen molar-refractivity contribution in [2.75, 3.05) is 0 Å². The first-order valence-electron chi connectivity index (χ1n) is 16.5. The van der Waals surface area contributed by atoms with Crippen molar-refractivity contribution in [2.45, 2.75) is 0 Å². The van der Waals surface area contributed by atoms with Crippen LogP contribution in [0.3, 0.4) is 0 Å². The highest BCUT2D eigenvalue weighted by Crippen LogP contribution is 2.42. The van der Waals surface area contributed by atoms with Crippen molar-refractivity contribution in [3.05, 3.63) is 158 Å². The van der Waals surface area contributed by atoms with E-state index in [2.05, 4.69) is 167 Å². The summed E-state index contributed by atoms with van der Waals surface area (Å²) in [7, 11) is 0. The molecule has 0 saturated heterocycles. The maximum atomic E-state index is 5.53. The van der Waals surface area contributed by atoms with E-state index >= 15 is 0 Å². The maximum Gasteiger partial charge on any atom is 0.236 e. The predicted molar refractivity (Wildman–Crippen MR) is 207 cm³/mol. The number of hydrogen-bond acceptors (Lipinski definition) is 3. The molecule has 0 aliphatic carbocycles. The fourth-order valence-electron chi connectivity index (χ4n) is 7.76. The minimum absolute atomic E-state index is 0.680. The summed E-state index contributed by atoms with van der Waals surface area (Å²) in [5.74, 6) is 0.680. The van der Waals surface area contributed by atoms with Crippen molar-refractivity contribution in [3.8, 4) is 22.9 Å². The quantitative estimate of drug-likeness (QED) is 0.192. The number of nitrogens with zero attached hydrogens (tertiary/aromatic N) is 4. The highest BCUT2D eigenvalue weighted by molar-refractivity contribution is 7.25. The Morgan fingerprint density at radius 1 is 0.429 bits per heavy atom. The molecule has 7 aromatic carbocycles. The van der Waals surface area contributed by atoms with Gasteiger partial charge in [0, 0.05) is 48.3 Å². The number of aromatic nitrogens is 4. The molecule has 49 heavy (non-hydrogen) atoms. The average molecular weight is 643 g/mol. The number of thiophene rings is 1. The average Bonchev–Trinajstić information content (AvgIpc) is 3.81. The van der Waals surface area contributed by atoms with Gasteiger partial charge in [0.25, 0.3) is 0 Å². The van der Waals surface area contributed by atoms with Crippen LogP contribution in [0.1, 0.15) is 0 Å². The molecule has 0 atom stereocenters. The van der Waals surface area contributed by atoms with Gasteiger partial charge in [-0.25, -0.2) is 9.97 Å². The number of benzene rings is 7. The Kier molecular flexibility index (Phi) is 5.51. The van der Waals surface area contributed by atoms with Crippen LogP contribution in [0.4, 0.5) is 0 Å². The second-order valence-electron chi connectivity index (χ2n) is 12.6.